The van der Waals surface area contributed by atoms with Crippen LogP contribution in [0.1, 0.15) is 29.8 Å². The second-order valence-corrected chi connectivity index (χ2v) is 10.3. The first kappa shape index (κ1) is 20.5. The summed E-state index contributed by atoms with van der Waals surface area (Å²) in [7, 11) is 0.0536. The molecule has 0 saturated heterocycles. The fraction of sp³-hybridized carbons (Fsp3) is 0.500. The number of benzene rings is 1. The van der Waals surface area contributed by atoms with Crippen LogP contribution in [0.3, 0.4) is 0 Å². The first-order valence-electron chi connectivity index (χ1n) is 8.96. The van der Waals surface area contributed by atoms with Gasteiger partial charge < -0.3 is 9.64 Å². The van der Waals surface area contributed by atoms with Crippen LogP contribution in [-0.4, -0.2) is 61.3 Å². The summed E-state index contributed by atoms with van der Waals surface area (Å²) in [4.78, 5) is 14.0. The van der Waals surface area contributed by atoms with Crippen LogP contribution in [0.25, 0.3) is 0 Å². The quantitative estimate of drug-likeness (QED) is 0.765. The fourth-order valence-electron chi connectivity index (χ4n) is 3.47. The molecule has 0 radical (unpaired) electrons. The predicted octanol–water partition coefficient (Wildman–Crippen LogP) is 2.57. The second kappa shape index (κ2) is 8.44. The van der Waals surface area contributed by atoms with Gasteiger partial charge in [-0.3, -0.25) is 5.32 Å². The minimum atomic E-state index is -3.19. The lowest BCUT2D eigenvalue weighted by Crippen LogP contribution is -2.46. The van der Waals surface area contributed by atoms with Gasteiger partial charge in [0, 0.05) is 25.8 Å². The molecule has 0 unspecified atom stereocenters. The van der Waals surface area contributed by atoms with Crippen LogP contribution in [0.4, 0.5) is 9.93 Å². The van der Waals surface area contributed by atoms with E-state index in [1.54, 1.807) is 14.2 Å². The predicted molar refractivity (Wildman–Crippen MR) is 109 cm³/mol. The number of methoxy groups -OCH3 is 1. The molecule has 0 spiro atoms. The second-order valence-electron chi connectivity index (χ2n) is 6.93. The van der Waals surface area contributed by atoms with E-state index in [0.717, 1.165) is 22.7 Å². The van der Waals surface area contributed by atoms with Crippen molar-refractivity contribution in [2.24, 2.45) is 0 Å². The van der Waals surface area contributed by atoms with Gasteiger partial charge in [0.15, 0.2) is 9.84 Å². The summed E-state index contributed by atoms with van der Waals surface area (Å²) in [6.07, 6.45) is 3.90. The minimum absolute atomic E-state index is 0.318. The van der Waals surface area contributed by atoms with Crippen molar-refractivity contribution in [2.75, 3.05) is 25.7 Å². The maximum Gasteiger partial charge on any atom is 0.323 e. The molecular weight excluding hydrogens is 400 g/mol. The molecule has 2 atom stereocenters. The van der Waals surface area contributed by atoms with Crippen molar-refractivity contribution < 1.29 is 17.9 Å². The Kier molecular flexibility index (Phi) is 6.19. The van der Waals surface area contributed by atoms with Crippen molar-refractivity contribution in [2.45, 2.75) is 37.0 Å². The number of aromatic nitrogens is 2. The van der Waals surface area contributed by atoms with Gasteiger partial charge in [0.25, 0.3) is 0 Å². The van der Waals surface area contributed by atoms with Gasteiger partial charge in [0.1, 0.15) is 10.8 Å². The Morgan fingerprint density at radius 1 is 1.29 bits per heavy atom. The highest BCUT2D eigenvalue weighted by molar-refractivity contribution is 7.91. The maximum atomic E-state index is 12.6. The zero-order valence-electron chi connectivity index (χ0n) is 16.1. The number of rotatable bonds is 6. The van der Waals surface area contributed by atoms with Crippen molar-refractivity contribution in [3.63, 3.8) is 0 Å². The monoisotopic (exact) mass is 424 g/mol. The van der Waals surface area contributed by atoms with E-state index in [1.165, 1.54) is 22.5 Å². The lowest BCUT2D eigenvalue weighted by atomic mass is 10.1. The van der Waals surface area contributed by atoms with Crippen LogP contribution in [0.2, 0.25) is 0 Å². The third-order valence-corrected chi connectivity index (χ3v) is 7.47. The van der Waals surface area contributed by atoms with E-state index >= 15 is 0 Å². The average molecular weight is 425 g/mol. The molecule has 1 saturated carbocycles. The molecule has 2 amide bonds. The van der Waals surface area contributed by atoms with Crippen molar-refractivity contribution in [1.29, 1.82) is 0 Å². The fourth-order valence-corrected chi connectivity index (χ4v) is 5.72. The van der Waals surface area contributed by atoms with Crippen LogP contribution < -0.4 is 10.1 Å². The van der Waals surface area contributed by atoms with Crippen LogP contribution in [-0.2, 0) is 16.3 Å². The summed E-state index contributed by atoms with van der Waals surface area (Å²) in [6, 6.07) is 6.99. The van der Waals surface area contributed by atoms with Crippen molar-refractivity contribution in [3.05, 3.63) is 34.8 Å². The summed E-state index contributed by atoms with van der Waals surface area (Å²) in [5.74, 6) is 0.788. The molecule has 8 nitrogen and oxygen atoms in total. The van der Waals surface area contributed by atoms with E-state index < -0.39 is 15.1 Å². The highest BCUT2D eigenvalue weighted by atomic mass is 32.2. The number of nitrogens with zero attached hydrogens (tertiary/aromatic N) is 3. The topological polar surface area (TPSA) is 101 Å². The number of nitrogens with one attached hydrogen (secondary N) is 1. The SMILES string of the molecule is COc1ccc(Cc2nnc(NC(=O)N(C)[C@H]3CCC[C@@H]3S(C)(=O)=O)s2)cc1. The van der Waals surface area contributed by atoms with Gasteiger partial charge in [0.05, 0.1) is 12.4 Å². The van der Waals surface area contributed by atoms with Crippen molar-refractivity contribution in [1.82, 2.24) is 15.1 Å². The number of carbonyl (C=O) groups excluding carboxylic acids is 1. The Morgan fingerprint density at radius 3 is 2.64 bits per heavy atom. The Bertz CT molecular complexity index is 927. The summed E-state index contributed by atoms with van der Waals surface area (Å²) in [5, 5.41) is 11.6. The Morgan fingerprint density at radius 2 is 2.00 bits per heavy atom. The highest BCUT2D eigenvalue weighted by Gasteiger charge is 2.39. The largest absolute Gasteiger partial charge is 0.497 e. The van der Waals surface area contributed by atoms with Gasteiger partial charge in [0.2, 0.25) is 5.13 Å². The number of carbonyl (C=O) groups is 1. The van der Waals surface area contributed by atoms with Gasteiger partial charge in [-0.1, -0.05) is 23.5 Å². The molecule has 10 heteroatoms. The molecule has 28 heavy (non-hydrogen) atoms. The van der Waals surface area contributed by atoms with E-state index in [1.807, 2.05) is 24.3 Å². The van der Waals surface area contributed by atoms with Gasteiger partial charge in [-0.05, 0) is 37.0 Å². The van der Waals surface area contributed by atoms with Crippen LogP contribution >= 0.6 is 11.3 Å². The van der Waals surface area contributed by atoms with Crippen LogP contribution in [0, 0.1) is 0 Å². The lowest BCUT2D eigenvalue weighted by molar-refractivity contribution is 0.205. The average Bonchev–Trinajstić information content (AvgIpc) is 3.31. The number of anilines is 1. The lowest BCUT2D eigenvalue weighted by Gasteiger charge is -2.28. The Labute approximate surface area is 168 Å². The molecule has 152 valence electrons. The molecule has 1 aromatic heterocycles. The normalized spacial score (nSPS) is 19.4. The van der Waals surface area contributed by atoms with Gasteiger partial charge in [-0.15, -0.1) is 10.2 Å². The standard InChI is InChI=1S/C18H24N4O4S2/c1-22(14-5-4-6-15(14)28(3,24)25)18(23)19-17-21-20-16(27-17)11-12-7-9-13(26-2)10-8-12/h7-10,14-15H,4-6,11H2,1-3H3,(H,19,21,23)/t14-,15-/m0/s1. The van der Waals surface area contributed by atoms with Crippen molar-refractivity contribution in [3.8, 4) is 5.75 Å². The van der Waals surface area contributed by atoms with E-state index in [-0.39, 0.29) is 12.1 Å². The summed E-state index contributed by atoms with van der Waals surface area (Å²) in [5.41, 5.74) is 1.06. The molecule has 2 aromatic rings. The smallest absolute Gasteiger partial charge is 0.323 e. The zero-order valence-corrected chi connectivity index (χ0v) is 17.7. The molecule has 1 fully saturated rings. The van der Waals surface area contributed by atoms with Crippen LogP contribution in [0.15, 0.2) is 24.3 Å². The third-order valence-electron chi connectivity index (χ3n) is 4.98. The summed E-state index contributed by atoms with van der Waals surface area (Å²) < 4.78 is 29.1. The molecule has 1 aromatic carbocycles. The maximum absolute atomic E-state index is 12.6. The van der Waals surface area contributed by atoms with Gasteiger partial charge in [-0.2, -0.15) is 0 Å². The highest BCUT2D eigenvalue weighted by Crippen LogP contribution is 2.29. The molecule has 1 N–H and O–H groups in total. The first-order chi connectivity index (χ1) is 13.3. The van der Waals surface area contributed by atoms with Gasteiger partial charge >= 0.3 is 6.03 Å². The molecule has 0 bridgehead atoms. The van der Waals surface area contributed by atoms with Gasteiger partial charge in [-0.25, -0.2) is 13.2 Å². The minimum Gasteiger partial charge on any atom is -0.497 e. The zero-order chi connectivity index (χ0) is 20.3. The molecule has 1 aliphatic rings. The molecule has 1 aliphatic carbocycles. The molecular formula is C18H24N4O4S2. The first-order valence-corrected chi connectivity index (χ1v) is 11.7. The number of sulfone groups is 1. The third kappa shape index (κ3) is 4.79. The van der Waals surface area contributed by atoms with E-state index in [0.29, 0.717) is 24.4 Å². The number of hydrogen-bond acceptors (Lipinski definition) is 7. The number of amides is 2. The molecule has 3 rings (SSSR count). The number of urea groups is 1. The summed E-state index contributed by atoms with van der Waals surface area (Å²) >= 11 is 1.30. The van der Waals surface area contributed by atoms with E-state index in [9.17, 15) is 13.2 Å². The molecule has 0 aliphatic heterocycles. The molecule has 1 heterocycles. The van der Waals surface area contributed by atoms with Crippen molar-refractivity contribution >= 4 is 32.3 Å². The Hall–Kier alpha value is -2.20. The van der Waals surface area contributed by atoms with E-state index in [4.69, 9.17) is 4.74 Å². The van der Waals surface area contributed by atoms with Crippen LogP contribution in [0.5, 0.6) is 5.75 Å². The summed E-state index contributed by atoms with van der Waals surface area (Å²) in [6.45, 7) is 0. The number of ether oxygens (including phenoxy) is 1. The Balaban J connectivity index is 1.61. The number of hydrogen-bond donors (Lipinski definition) is 1. The van der Waals surface area contributed by atoms with E-state index in [2.05, 4.69) is 15.5 Å².